The van der Waals surface area contributed by atoms with Crippen molar-refractivity contribution in [3.05, 3.63) is 42.2 Å². The summed E-state index contributed by atoms with van der Waals surface area (Å²) in [6.07, 6.45) is 3.16. The van der Waals surface area contributed by atoms with Gasteiger partial charge in [0.2, 0.25) is 0 Å². The zero-order valence-electron chi connectivity index (χ0n) is 9.58. The van der Waals surface area contributed by atoms with Crippen molar-refractivity contribution in [1.82, 2.24) is 0 Å². The molecule has 0 heterocycles. The number of hydrogen-bond donors (Lipinski definition) is 1. The fourth-order valence-electron chi connectivity index (χ4n) is 1.45. The molecule has 0 amide bonds. The molecule has 0 fully saturated rings. The molecule has 0 radical (unpaired) electrons. The van der Waals surface area contributed by atoms with Gasteiger partial charge in [-0.15, -0.1) is 6.58 Å². The second-order valence-electron chi connectivity index (χ2n) is 3.90. The molecular formula is C13H18FNO. The summed E-state index contributed by atoms with van der Waals surface area (Å²) in [6, 6.07) is 4.72. The monoisotopic (exact) mass is 223 g/mol. The van der Waals surface area contributed by atoms with Crippen LogP contribution in [0.5, 0.6) is 5.75 Å². The minimum atomic E-state index is -0.285. The van der Waals surface area contributed by atoms with Crippen molar-refractivity contribution in [2.45, 2.75) is 25.8 Å². The van der Waals surface area contributed by atoms with Gasteiger partial charge in [0.25, 0.3) is 0 Å². The largest absolute Gasteiger partial charge is 0.493 e. The van der Waals surface area contributed by atoms with Gasteiger partial charge in [0, 0.05) is 12.1 Å². The van der Waals surface area contributed by atoms with E-state index in [0.717, 1.165) is 12.0 Å². The van der Waals surface area contributed by atoms with Crippen LogP contribution in [0.15, 0.2) is 30.9 Å². The summed E-state index contributed by atoms with van der Waals surface area (Å²) in [5, 5.41) is 0. The highest BCUT2D eigenvalue weighted by Gasteiger charge is 2.04. The number of nitrogens with two attached hydrogens (primary N) is 1. The molecule has 0 bridgehead atoms. The standard InChI is InChI=1S/C13H18FNO/c1-3-4-5-16-13-8-11(6-10(2)15)7-12(14)9-13/h3,7-10H,1,4-6,15H2,2H3. The Morgan fingerprint density at radius 1 is 1.50 bits per heavy atom. The quantitative estimate of drug-likeness (QED) is 0.594. The molecule has 0 saturated heterocycles. The third-order valence-electron chi connectivity index (χ3n) is 2.08. The van der Waals surface area contributed by atoms with Gasteiger partial charge >= 0.3 is 0 Å². The Kier molecular flexibility index (Phi) is 4.99. The fraction of sp³-hybridized carbons (Fsp3) is 0.385. The van der Waals surface area contributed by atoms with Crippen molar-refractivity contribution in [1.29, 1.82) is 0 Å². The van der Waals surface area contributed by atoms with Crippen LogP contribution in [0.2, 0.25) is 0 Å². The number of ether oxygens (including phenoxy) is 1. The minimum Gasteiger partial charge on any atom is -0.493 e. The summed E-state index contributed by atoms with van der Waals surface area (Å²) in [4.78, 5) is 0. The third kappa shape index (κ3) is 4.45. The summed E-state index contributed by atoms with van der Waals surface area (Å²) in [7, 11) is 0. The first-order valence-electron chi connectivity index (χ1n) is 5.40. The Bertz CT molecular complexity index is 350. The summed E-state index contributed by atoms with van der Waals surface area (Å²) >= 11 is 0. The second-order valence-corrected chi connectivity index (χ2v) is 3.90. The van der Waals surface area contributed by atoms with Crippen LogP contribution in [0, 0.1) is 5.82 Å². The molecule has 0 aliphatic carbocycles. The number of hydrogen-bond acceptors (Lipinski definition) is 2. The highest BCUT2D eigenvalue weighted by Crippen LogP contribution is 2.17. The Morgan fingerprint density at radius 3 is 2.88 bits per heavy atom. The molecule has 1 rings (SSSR count). The van der Waals surface area contributed by atoms with E-state index in [1.54, 1.807) is 6.08 Å². The Morgan fingerprint density at radius 2 is 2.25 bits per heavy atom. The molecule has 0 saturated carbocycles. The van der Waals surface area contributed by atoms with Crippen LogP contribution in [0.3, 0.4) is 0 Å². The summed E-state index contributed by atoms with van der Waals surface area (Å²) in [5.41, 5.74) is 6.53. The van der Waals surface area contributed by atoms with Gasteiger partial charge in [-0.25, -0.2) is 4.39 Å². The van der Waals surface area contributed by atoms with Gasteiger partial charge in [0.05, 0.1) is 6.61 Å². The van der Waals surface area contributed by atoms with Gasteiger partial charge in [-0.1, -0.05) is 6.08 Å². The molecule has 1 atom stereocenters. The van der Waals surface area contributed by atoms with E-state index in [9.17, 15) is 4.39 Å². The van der Waals surface area contributed by atoms with E-state index in [1.807, 2.05) is 13.0 Å². The lowest BCUT2D eigenvalue weighted by atomic mass is 10.1. The van der Waals surface area contributed by atoms with Crippen molar-refractivity contribution >= 4 is 0 Å². The molecule has 88 valence electrons. The Balaban J connectivity index is 2.69. The lowest BCUT2D eigenvalue weighted by Crippen LogP contribution is -2.17. The summed E-state index contributed by atoms with van der Waals surface area (Å²) in [5.74, 6) is 0.268. The maximum absolute atomic E-state index is 13.2. The third-order valence-corrected chi connectivity index (χ3v) is 2.08. The molecule has 0 aromatic heterocycles. The number of rotatable bonds is 6. The first-order valence-corrected chi connectivity index (χ1v) is 5.40. The van der Waals surface area contributed by atoms with Crippen LogP contribution < -0.4 is 10.5 Å². The van der Waals surface area contributed by atoms with Crippen molar-refractivity contribution in [3.63, 3.8) is 0 Å². The van der Waals surface area contributed by atoms with Crippen molar-refractivity contribution < 1.29 is 9.13 Å². The maximum atomic E-state index is 13.2. The molecule has 3 heteroatoms. The molecule has 0 aliphatic rings. The number of halogens is 1. The van der Waals surface area contributed by atoms with Crippen LogP contribution >= 0.6 is 0 Å². The highest BCUT2D eigenvalue weighted by molar-refractivity contribution is 5.30. The van der Waals surface area contributed by atoms with Gasteiger partial charge in [-0.3, -0.25) is 0 Å². The molecular weight excluding hydrogens is 205 g/mol. The van der Waals surface area contributed by atoms with Crippen LogP contribution in [0.1, 0.15) is 18.9 Å². The minimum absolute atomic E-state index is 0.0165. The average Bonchev–Trinajstić information content (AvgIpc) is 2.16. The Labute approximate surface area is 95.9 Å². The zero-order chi connectivity index (χ0) is 12.0. The summed E-state index contributed by atoms with van der Waals surface area (Å²) in [6.45, 7) is 6.01. The van der Waals surface area contributed by atoms with Gasteiger partial charge in [-0.2, -0.15) is 0 Å². The Hall–Kier alpha value is -1.35. The molecule has 2 N–H and O–H groups in total. The first-order chi connectivity index (χ1) is 7.61. The van der Waals surface area contributed by atoms with E-state index in [1.165, 1.54) is 12.1 Å². The van der Waals surface area contributed by atoms with Crippen molar-refractivity contribution in [2.24, 2.45) is 5.73 Å². The molecule has 1 aromatic carbocycles. The smallest absolute Gasteiger partial charge is 0.127 e. The number of benzene rings is 1. The van der Waals surface area contributed by atoms with Crippen molar-refractivity contribution in [3.8, 4) is 5.75 Å². The van der Waals surface area contributed by atoms with Crippen LogP contribution in [0.25, 0.3) is 0 Å². The predicted molar refractivity (Wildman–Crippen MR) is 64.1 cm³/mol. The van der Waals surface area contributed by atoms with Crippen LogP contribution in [0.4, 0.5) is 4.39 Å². The van der Waals surface area contributed by atoms with E-state index in [4.69, 9.17) is 10.5 Å². The van der Waals surface area contributed by atoms with Gasteiger partial charge in [-0.05, 0) is 37.5 Å². The van der Waals surface area contributed by atoms with E-state index in [2.05, 4.69) is 6.58 Å². The average molecular weight is 223 g/mol. The maximum Gasteiger partial charge on any atom is 0.127 e. The van der Waals surface area contributed by atoms with E-state index < -0.39 is 0 Å². The summed E-state index contributed by atoms with van der Waals surface area (Å²) < 4.78 is 18.6. The molecule has 2 nitrogen and oxygen atoms in total. The SMILES string of the molecule is C=CCCOc1cc(F)cc(CC(C)N)c1. The molecule has 16 heavy (non-hydrogen) atoms. The highest BCUT2D eigenvalue weighted by atomic mass is 19.1. The van der Waals surface area contributed by atoms with Crippen molar-refractivity contribution in [2.75, 3.05) is 6.61 Å². The van der Waals surface area contributed by atoms with Gasteiger partial charge < -0.3 is 10.5 Å². The first kappa shape index (κ1) is 12.7. The van der Waals surface area contributed by atoms with Gasteiger partial charge in [0.1, 0.15) is 11.6 Å². The second kappa shape index (κ2) is 6.28. The van der Waals surface area contributed by atoms with Gasteiger partial charge in [0.15, 0.2) is 0 Å². The van der Waals surface area contributed by atoms with Crippen LogP contribution in [-0.4, -0.2) is 12.6 Å². The van der Waals surface area contributed by atoms with E-state index >= 15 is 0 Å². The molecule has 1 aromatic rings. The van der Waals surface area contributed by atoms with Crippen LogP contribution in [-0.2, 0) is 6.42 Å². The molecule has 1 unspecified atom stereocenters. The molecule has 0 spiro atoms. The predicted octanol–water partition coefficient (Wildman–Crippen LogP) is 2.67. The lowest BCUT2D eigenvalue weighted by molar-refractivity contribution is 0.323. The van der Waals surface area contributed by atoms with E-state index in [-0.39, 0.29) is 11.9 Å². The topological polar surface area (TPSA) is 35.2 Å². The van der Waals surface area contributed by atoms with E-state index in [0.29, 0.717) is 18.8 Å². The fourth-order valence-corrected chi connectivity index (χ4v) is 1.45. The molecule has 0 aliphatic heterocycles. The lowest BCUT2D eigenvalue weighted by Gasteiger charge is -2.09. The zero-order valence-corrected chi connectivity index (χ0v) is 9.58. The normalized spacial score (nSPS) is 12.2.